The Hall–Kier alpha value is -1.68. The summed E-state index contributed by atoms with van der Waals surface area (Å²) in [5.41, 5.74) is 10.0. The average molecular weight is 301 g/mol. The van der Waals surface area contributed by atoms with Crippen molar-refractivity contribution < 1.29 is 0 Å². The molecule has 3 aromatic rings. The Labute approximate surface area is 126 Å². The molecule has 0 spiro atoms. The van der Waals surface area contributed by atoms with Gasteiger partial charge >= 0.3 is 0 Å². The van der Waals surface area contributed by atoms with E-state index in [1.165, 1.54) is 0 Å². The summed E-state index contributed by atoms with van der Waals surface area (Å²) in [5, 5.41) is 3.79. The first-order chi connectivity index (χ1) is 9.78. The third-order valence-corrected chi connectivity index (χ3v) is 4.24. The smallest absolute Gasteiger partial charge is 0.124 e. The highest BCUT2D eigenvalue weighted by atomic mass is 35.5. The quantitative estimate of drug-likeness (QED) is 0.768. The van der Waals surface area contributed by atoms with Gasteiger partial charge in [0.25, 0.3) is 0 Å². The van der Waals surface area contributed by atoms with E-state index in [1.807, 2.05) is 42.5 Å². The predicted molar refractivity (Wildman–Crippen MR) is 85.9 cm³/mol. The van der Waals surface area contributed by atoms with E-state index in [4.69, 9.17) is 22.3 Å². The first-order valence-electron chi connectivity index (χ1n) is 6.28. The molecular formula is C16H13ClN2S. The fraction of sp³-hybridized carbons (Fsp3) is 0.0625. The van der Waals surface area contributed by atoms with Gasteiger partial charge in [-0.2, -0.15) is 0 Å². The average Bonchev–Trinajstić information content (AvgIpc) is 2.97. The van der Waals surface area contributed by atoms with Crippen molar-refractivity contribution in [1.29, 1.82) is 0 Å². The minimum Gasteiger partial charge on any atom is -0.326 e. The van der Waals surface area contributed by atoms with Crippen LogP contribution in [-0.4, -0.2) is 4.98 Å². The van der Waals surface area contributed by atoms with Crippen LogP contribution in [0.2, 0.25) is 5.02 Å². The van der Waals surface area contributed by atoms with Crippen LogP contribution in [0.1, 0.15) is 5.56 Å². The summed E-state index contributed by atoms with van der Waals surface area (Å²) in [6.07, 6.45) is 0. The minimum absolute atomic E-state index is 0.520. The molecule has 2 nitrogen and oxygen atoms in total. The van der Waals surface area contributed by atoms with Crippen molar-refractivity contribution in [2.75, 3.05) is 0 Å². The second kappa shape index (κ2) is 5.75. The highest BCUT2D eigenvalue weighted by Gasteiger charge is 2.09. The molecule has 0 unspecified atom stereocenters. The number of rotatable bonds is 3. The van der Waals surface area contributed by atoms with Gasteiger partial charge in [0.2, 0.25) is 0 Å². The molecule has 0 aliphatic heterocycles. The molecule has 1 aromatic heterocycles. The summed E-state index contributed by atoms with van der Waals surface area (Å²) in [7, 11) is 0. The molecule has 0 aliphatic carbocycles. The van der Waals surface area contributed by atoms with Crippen LogP contribution in [0.3, 0.4) is 0 Å². The fourth-order valence-corrected chi connectivity index (χ4v) is 3.07. The summed E-state index contributed by atoms with van der Waals surface area (Å²) < 4.78 is 0. The van der Waals surface area contributed by atoms with Gasteiger partial charge in [0.05, 0.1) is 5.69 Å². The van der Waals surface area contributed by atoms with E-state index in [-0.39, 0.29) is 0 Å². The predicted octanol–water partition coefficient (Wildman–Crippen LogP) is 4.59. The second-order valence-corrected chi connectivity index (χ2v) is 5.70. The van der Waals surface area contributed by atoms with Gasteiger partial charge in [0.15, 0.2) is 0 Å². The molecule has 2 N–H and O–H groups in total. The van der Waals surface area contributed by atoms with Crippen molar-refractivity contribution in [3.63, 3.8) is 0 Å². The first-order valence-corrected chi connectivity index (χ1v) is 7.53. The molecule has 0 saturated carbocycles. The van der Waals surface area contributed by atoms with Gasteiger partial charge < -0.3 is 5.73 Å². The monoisotopic (exact) mass is 300 g/mol. The molecule has 0 atom stereocenters. The summed E-state index contributed by atoms with van der Waals surface area (Å²) >= 11 is 7.54. The zero-order chi connectivity index (χ0) is 13.9. The third-order valence-electron chi connectivity index (χ3n) is 3.11. The molecule has 0 aliphatic rings. The Morgan fingerprint density at radius 1 is 1.05 bits per heavy atom. The Morgan fingerprint density at radius 3 is 2.55 bits per heavy atom. The molecule has 0 fully saturated rings. The van der Waals surface area contributed by atoms with Gasteiger partial charge in [-0.15, -0.1) is 11.3 Å². The van der Waals surface area contributed by atoms with E-state index >= 15 is 0 Å². The van der Waals surface area contributed by atoms with Crippen molar-refractivity contribution in [2.45, 2.75) is 6.54 Å². The van der Waals surface area contributed by atoms with E-state index in [9.17, 15) is 0 Å². The molecular weight excluding hydrogens is 288 g/mol. The molecule has 2 aromatic carbocycles. The summed E-state index contributed by atoms with van der Waals surface area (Å²) in [5.74, 6) is 0. The number of hydrogen-bond donors (Lipinski definition) is 1. The second-order valence-electron chi connectivity index (χ2n) is 4.41. The van der Waals surface area contributed by atoms with E-state index < -0.39 is 0 Å². The molecule has 0 amide bonds. The highest BCUT2D eigenvalue weighted by Crippen LogP contribution is 2.31. The zero-order valence-corrected chi connectivity index (χ0v) is 12.3. The topological polar surface area (TPSA) is 38.9 Å². The highest BCUT2D eigenvalue weighted by molar-refractivity contribution is 7.13. The van der Waals surface area contributed by atoms with E-state index in [1.54, 1.807) is 11.3 Å². The van der Waals surface area contributed by atoms with Gasteiger partial charge in [0.1, 0.15) is 5.01 Å². The van der Waals surface area contributed by atoms with Crippen molar-refractivity contribution in [3.05, 3.63) is 64.5 Å². The van der Waals surface area contributed by atoms with Crippen molar-refractivity contribution in [1.82, 2.24) is 4.98 Å². The standard InChI is InChI=1S/C16H13ClN2S/c17-13-7-5-11(6-8-13)15-10-20-16(19-15)14-4-2-1-3-12(14)9-18/h1-8,10H,9,18H2. The maximum atomic E-state index is 5.91. The Kier molecular flexibility index (Phi) is 3.83. The van der Waals surface area contributed by atoms with Crippen LogP contribution in [0.15, 0.2) is 53.9 Å². The van der Waals surface area contributed by atoms with Crippen LogP contribution >= 0.6 is 22.9 Å². The van der Waals surface area contributed by atoms with Gasteiger partial charge in [-0.25, -0.2) is 4.98 Å². The van der Waals surface area contributed by atoms with Crippen LogP contribution in [0.25, 0.3) is 21.8 Å². The zero-order valence-electron chi connectivity index (χ0n) is 10.7. The summed E-state index contributed by atoms with van der Waals surface area (Å²) in [6, 6.07) is 15.8. The maximum absolute atomic E-state index is 5.91. The van der Waals surface area contributed by atoms with E-state index in [2.05, 4.69) is 11.4 Å². The molecule has 100 valence electrons. The lowest BCUT2D eigenvalue weighted by Crippen LogP contribution is -1.98. The molecule has 4 heteroatoms. The summed E-state index contributed by atoms with van der Waals surface area (Å²) in [6.45, 7) is 0.520. The number of nitrogens with two attached hydrogens (primary N) is 1. The molecule has 1 heterocycles. The van der Waals surface area contributed by atoms with Crippen molar-refractivity contribution >= 4 is 22.9 Å². The van der Waals surface area contributed by atoms with Gasteiger partial charge in [0, 0.05) is 28.1 Å². The number of hydrogen-bond acceptors (Lipinski definition) is 3. The van der Waals surface area contributed by atoms with E-state index in [0.717, 1.165) is 32.4 Å². The van der Waals surface area contributed by atoms with Gasteiger partial charge in [-0.05, 0) is 17.7 Å². The third kappa shape index (κ3) is 2.61. The molecule has 0 saturated heterocycles. The summed E-state index contributed by atoms with van der Waals surface area (Å²) in [4.78, 5) is 4.71. The molecule has 0 bridgehead atoms. The van der Waals surface area contributed by atoms with Gasteiger partial charge in [-0.3, -0.25) is 0 Å². The lowest BCUT2D eigenvalue weighted by Gasteiger charge is -2.03. The molecule has 3 rings (SSSR count). The lowest BCUT2D eigenvalue weighted by atomic mass is 10.1. The normalized spacial score (nSPS) is 10.7. The minimum atomic E-state index is 0.520. The lowest BCUT2D eigenvalue weighted by molar-refractivity contribution is 1.07. The molecule has 20 heavy (non-hydrogen) atoms. The Balaban J connectivity index is 2.00. The van der Waals surface area contributed by atoms with Crippen LogP contribution in [0.5, 0.6) is 0 Å². The van der Waals surface area contributed by atoms with Crippen LogP contribution in [0, 0.1) is 0 Å². The first kappa shape index (κ1) is 13.3. The maximum Gasteiger partial charge on any atom is 0.124 e. The number of halogens is 1. The van der Waals surface area contributed by atoms with Gasteiger partial charge in [-0.1, -0.05) is 48.0 Å². The number of nitrogens with zero attached hydrogens (tertiary/aromatic N) is 1. The number of benzene rings is 2. The van der Waals surface area contributed by atoms with E-state index in [0.29, 0.717) is 6.54 Å². The van der Waals surface area contributed by atoms with Crippen LogP contribution < -0.4 is 5.73 Å². The SMILES string of the molecule is NCc1ccccc1-c1nc(-c2ccc(Cl)cc2)cs1. The Bertz CT molecular complexity index is 719. The number of aromatic nitrogens is 1. The van der Waals surface area contributed by atoms with Crippen LogP contribution in [0.4, 0.5) is 0 Å². The molecule has 0 radical (unpaired) electrons. The largest absolute Gasteiger partial charge is 0.326 e. The fourth-order valence-electron chi connectivity index (χ4n) is 2.06. The van der Waals surface area contributed by atoms with Crippen LogP contribution in [-0.2, 0) is 6.54 Å². The van der Waals surface area contributed by atoms with Crippen molar-refractivity contribution in [2.24, 2.45) is 5.73 Å². The van der Waals surface area contributed by atoms with Crippen molar-refractivity contribution in [3.8, 4) is 21.8 Å². The Morgan fingerprint density at radius 2 is 1.80 bits per heavy atom. The number of thiazole rings is 1.